The molecule has 5 nitrogen and oxygen atoms in total. The number of anilines is 1. The van der Waals surface area contributed by atoms with Gasteiger partial charge in [-0.2, -0.15) is 0 Å². The van der Waals surface area contributed by atoms with Gasteiger partial charge in [-0.05, 0) is 31.0 Å². The summed E-state index contributed by atoms with van der Waals surface area (Å²) in [5.74, 6) is -0.629. The van der Waals surface area contributed by atoms with Crippen molar-refractivity contribution in [1.29, 1.82) is 0 Å². The van der Waals surface area contributed by atoms with Gasteiger partial charge >= 0.3 is 5.97 Å². The van der Waals surface area contributed by atoms with Crippen molar-refractivity contribution in [2.75, 3.05) is 11.9 Å². The monoisotopic (exact) mass is 300 g/mol. The Hall–Kier alpha value is -1.59. The molecule has 0 bridgehead atoms. The predicted octanol–water partition coefficient (Wildman–Crippen LogP) is 2.21. The van der Waals surface area contributed by atoms with Crippen molar-refractivity contribution < 1.29 is 14.3 Å². The highest BCUT2D eigenvalue weighted by Gasteiger charge is 2.17. The van der Waals surface area contributed by atoms with Crippen LogP contribution in [0.2, 0.25) is 0 Å². The van der Waals surface area contributed by atoms with Crippen molar-refractivity contribution in [3.63, 3.8) is 0 Å². The van der Waals surface area contributed by atoms with E-state index in [1.54, 1.807) is 31.2 Å². The van der Waals surface area contributed by atoms with Gasteiger partial charge in [0, 0.05) is 5.69 Å². The number of hydrogen-bond acceptors (Lipinski definition) is 4. The Labute approximate surface area is 125 Å². The van der Waals surface area contributed by atoms with Crippen LogP contribution in [0.15, 0.2) is 24.3 Å². The predicted molar refractivity (Wildman–Crippen MR) is 81.1 cm³/mol. The van der Waals surface area contributed by atoms with Crippen LogP contribution in [0.5, 0.6) is 0 Å². The second kappa shape index (κ2) is 8.55. The maximum absolute atomic E-state index is 11.8. The minimum absolute atomic E-state index is 0. The summed E-state index contributed by atoms with van der Waals surface area (Å²) in [5.41, 5.74) is 6.68. The molecule has 20 heavy (non-hydrogen) atoms. The van der Waals surface area contributed by atoms with E-state index in [9.17, 15) is 9.59 Å². The summed E-state index contributed by atoms with van der Waals surface area (Å²) in [6, 6.07) is 6.02. The van der Waals surface area contributed by atoms with Crippen LogP contribution >= 0.6 is 12.4 Å². The fourth-order valence-corrected chi connectivity index (χ4v) is 1.47. The summed E-state index contributed by atoms with van der Waals surface area (Å²) in [6.07, 6.45) is 0. The first-order valence-corrected chi connectivity index (χ1v) is 6.29. The Morgan fingerprint density at radius 3 is 2.55 bits per heavy atom. The molecule has 0 aromatic heterocycles. The molecule has 0 aliphatic rings. The number of carbonyl (C=O) groups excluding carboxylic acids is 2. The van der Waals surface area contributed by atoms with Gasteiger partial charge in [0.15, 0.2) is 0 Å². The van der Waals surface area contributed by atoms with E-state index in [2.05, 4.69) is 5.32 Å². The highest BCUT2D eigenvalue weighted by Crippen LogP contribution is 2.13. The minimum Gasteiger partial charge on any atom is -0.462 e. The average Bonchev–Trinajstić information content (AvgIpc) is 2.38. The number of nitrogens with two attached hydrogens (primary N) is 1. The summed E-state index contributed by atoms with van der Waals surface area (Å²) < 4.78 is 4.90. The quantitative estimate of drug-likeness (QED) is 0.817. The number of halogens is 1. The Morgan fingerprint density at radius 2 is 2.00 bits per heavy atom. The van der Waals surface area contributed by atoms with E-state index in [0.29, 0.717) is 17.9 Å². The van der Waals surface area contributed by atoms with E-state index in [0.717, 1.165) is 0 Å². The second-order valence-corrected chi connectivity index (χ2v) is 4.56. The van der Waals surface area contributed by atoms with Gasteiger partial charge in [0.2, 0.25) is 5.91 Å². The normalized spacial score (nSPS) is 11.4. The van der Waals surface area contributed by atoms with Gasteiger partial charge < -0.3 is 15.8 Å². The number of esters is 1. The van der Waals surface area contributed by atoms with E-state index in [4.69, 9.17) is 10.5 Å². The molecule has 0 aliphatic heterocycles. The van der Waals surface area contributed by atoms with Crippen LogP contribution in [0, 0.1) is 5.92 Å². The summed E-state index contributed by atoms with van der Waals surface area (Å²) in [5, 5.41) is 2.69. The lowest BCUT2D eigenvalue weighted by atomic mass is 10.0. The molecule has 1 unspecified atom stereocenters. The van der Waals surface area contributed by atoms with Gasteiger partial charge in [-0.15, -0.1) is 12.4 Å². The zero-order valence-corrected chi connectivity index (χ0v) is 12.7. The third kappa shape index (κ3) is 5.19. The molecule has 1 aromatic rings. The molecule has 0 spiro atoms. The fourth-order valence-electron chi connectivity index (χ4n) is 1.47. The number of rotatable bonds is 5. The molecule has 0 saturated heterocycles. The SMILES string of the molecule is CCOC(=O)c1cccc(NC(=O)C(N)C(C)C)c1.Cl. The lowest BCUT2D eigenvalue weighted by Crippen LogP contribution is -2.39. The summed E-state index contributed by atoms with van der Waals surface area (Å²) in [7, 11) is 0. The number of nitrogens with one attached hydrogen (secondary N) is 1. The molecular formula is C14H21ClN2O3. The van der Waals surface area contributed by atoms with Crippen LogP contribution < -0.4 is 11.1 Å². The molecule has 6 heteroatoms. The van der Waals surface area contributed by atoms with Crippen molar-refractivity contribution in [3.8, 4) is 0 Å². The van der Waals surface area contributed by atoms with E-state index in [-0.39, 0.29) is 24.2 Å². The van der Waals surface area contributed by atoms with Gasteiger partial charge in [-0.3, -0.25) is 4.79 Å². The van der Waals surface area contributed by atoms with Gasteiger partial charge in [-0.1, -0.05) is 19.9 Å². The van der Waals surface area contributed by atoms with Crippen molar-refractivity contribution in [1.82, 2.24) is 0 Å². The van der Waals surface area contributed by atoms with E-state index in [1.807, 2.05) is 13.8 Å². The molecule has 1 aromatic carbocycles. The first-order valence-electron chi connectivity index (χ1n) is 6.29. The van der Waals surface area contributed by atoms with Crippen molar-refractivity contribution in [2.24, 2.45) is 11.7 Å². The third-order valence-electron chi connectivity index (χ3n) is 2.66. The maximum Gasteiger partial charge on any atom is 0.338 e. The lowest BCUT2D eigenvalue weighted by molar-refractivity contribution is -0.118. The molecule has 1 rings (SSSR count). The van der Waals surface area contributed by atoms with Crippen LogP contribution in [0.3, 0.4) is 0 Å². The Balaban J connectivity index is 0.00000361. The standard InChI is InChI=1S/C14H20N2O3.ClH/c1-4-19-14(18)10-6-5-7-11(8-10)16-13(17)12(15)9(2)3;/h5-9,12H,4,15H2,1-3H3,(H,16,17);1H. The van der Waals surface area contributed by atoms with Crippen LogP contribution in [0.4, 0.5) is 5.69 Å². The second-order valence-electron chi connectivity index (χ2n) is 4.56. The number of carbonyl (C=O) groups is 2. The van der Waals surface area contributed by atoms with Crippen LogP contribution in [-0.2, 0) is 9.53 Å². The largest absolute Gasteiger partial charge is 0.462 e. The van der Waals surface area contributed by atoms with Gasteiger partial charge in [0.25, 0.3) is 0 Å². The molecule has 112 valence electrons. The molecule has 0 radical (unpaired) electrons. The molecule has 0 heterocycles. The number of benzene rings is 1. The van der Waals surface area contributed by atoms with Crippen LogP contribution in [0.1, 0.15) is 31.1 Å². The smallest absolute Gasteiger partial charge is 0.338 e. The highest BCUT2D eigenvalue weighted by molar-refractivity contribution is 5.96. The van der Waals surface area contributed by atoms with E-state index in [1.165, 1.54) is 0 Å². The maximum atomic E-state index is 11.8. The molecular weight excluding hydrogens is 280 g/mol. The van der Waals surface area contributed by atoms with Crippen molar-refractivity contribution in [2.45, 2.75) is 26.8 Å². The molecule has 0 saturated carbocycles. The Morgan fingerprint density at radius 1 is 1.35 bits per heavy atom. The molecule has 1 amide bonds. The lowest BCUT2D eigenvalue weighted by Gasteiger charge is -2.15. The first kappa shape index (κ1) is 18.4. The minimum atomic E-state index is -0.578. The van der Waals surface area contributed by atoms with Gasteiger partial charge in [0.05, 0.1) is 18.2 Å². The molecule has 1 atom stereocenters. The van der Waals surface area contributed by atoms with Crippen molar-refractivity contribution in [3.05, 3.63) is 29.8 Å². The van der Waals surface area contributed by atoms with Gasteiger partial charge in [0.1, 0.15) is 0 Å². The van der Waals surface area contributed by atoms with E-state index >= 15 is 0 Å². The topological polar surface area (TPSA) is 81.4 Å². The zero-order chi connectivity index (χ0) is 14.4. The Bertz CT molecular complexity index is 463. The van der Waals surface area contributed by atoms with E-state index < -0.39 is 12.0 Å². The third-order valence-corrected chi connectivity index (χ3v) is 2.66. The Kier molecular flexibility index (Phi) is 7.87. The number of ether oxygens (including phenoxy) is 1. The van der Waals surface area contributed by atoms with Crippen LogP contribution in [-0.4, -0.2) is 24.5 Å². The zero-order valence-electron chi connectivity index (χ0n) is 11.9. The first-order chi connectivity index (χ1) is 8.95. The van der Waals surface area contributed by atoms with Crippen LogP contribution in [0.25, 0.3) is 0 Å². The highest BCUT2D eigenvalue weighted by atomic mass is 35.5. The summed E-state index contributed by atoms with van der Waals surface area (Å²) in [4.78, 5) is 23.4. The summed E-state index contributed by atoms with van der Waals surface area (Å²) in [6.45, 7) is 5.80. The number of hydrogen-bond donors (Lipinski definition) is 2. The summed E-state index contributed by atoms with van der Waals surface area (Å²) >= 11 is 0. The van der Waals surface area contributed by atoms with Gasteiger partial charge in [-0.25, -0.2) is 4.79 Å². The fraction of sp³-hybridized carbons (Fsp3) is 0.429. The van der Waals surface area contributed by atoms with Crippen molar-refractivity contribution >= 4 is 30.0 Å². The molecule has 3 N–H and O–H groups in total. The number of amides is 1. The average molecular weight is 301 g/mol. The molecule has 0 fully saturated rings. The molecule has 0 aliphatic carbocycles.